The fraction of sp³-hybridized carbons (Fsp3) is 0.778. The van der Waals surface area contributed by atoms with Crippen LogP contribution < -0.4 is 11.1 Å². The van der Waals surface area contributed by atoms with Gasteiger partial charge in [0.15, 0.2) is 0 Å². The van der Waals surface area contributed by atoms with Crippen LogP contribution >= 0.6 is 0 Å². The van der Waals surface area contributed by atoms with Gasteiger partial charge < -0.3 is 30.9 Å². The summed E-state index contributed by atoms with van der Waals surface area (Å²) in [6, 6.07) is -1.34. The van der Waals surface area contributed by atoms with E-state index in [2.05, 4.69) is 5.32 Å². The SMILES string of the molecule is NC(=O)C[C@H](N[C@@H]1O[C@H](CO)[C@@H](O)[C@H]1O)C(=O)O. The van der Waals surface area contributed by atoms with Gasteiger partial charge in [-0.1, -0.05) is 0 Å². The molecule has 0 aliphatic carbocycles. The molecule has 0 bridgehead atoms. The minimum atomic E-state index is -1.41. The Balaban J connectivity index is 2.64. The van der Waals surface area contributed by atoms with E-state index in [1.807, 2.05) is 0 Å². The van der Waals surface area contributed by atoms with Crippen LogP contribution in [0.2, 0.25) is 0 Å². The third kappa shape index (κ3) is 3.37. The summed E-state index contributed by atoms with van der Waals surface area (Å²) in [5, 5.41) is 39.0. The summed E-state index contributed by atoms with van der Waals surface area (Å²) < 4.78 is 5.02. The van der Waals surface area contributed by atoms with Gasteiger partial charge in [0.25, 0.3) is 0 Å². The number of carbonyl (C=O) groups excluding carboxylic acids is 1. The highest BCUT2D eigenvalue weighted by Crippen LogP contribution is 2.20. The van der Waals surface area contributed by atoms with Crippen LogP contribution in [0.5, 0.6) is 0 Å². The largest absolute Gasteiger partial charge is 0.480 e. The summed E-state index contributed by atoms with van der Waals surface area (Å²) >= 11 is 0. The van der Waals surface area contributed by atoms with Crippen molar-refractivity contribution in [3.8, 4) is 0 Å². The number of carboxylic acid groups (broad SMARTS) is 1. The minimum Gasteiger partial charge on any atom is -0.480 e. The first-order chi connectivity index (χ1) is 8.36. The van der Waals surface area contributed by atoms with Gasteiger partial charge in [-0.2, -0.15) is 0 Å². The third-order valence-electron chi connectivity index (χ3n) is 2.61. The quantitative estimate of drug-likeness (QED) is 0.286. The molecule has 1 fully saturated rings. The highest BCUT2D eigenvalue weighted by Gasteiger charge is 2.43. The molecule has 1 aliphatic rings. The molecule has 0 aromatic carbocycles. The van der Waals surface area contributed by atoms with Crippen LogP contribution in [-0.4, -0.2) is 69.5 Å². The van der Waals surface area contributed by atoms with Crippen molar-refractivity contribution in [1.29, 1.82) is 0 Å². The lowest BCUT2D eigenvalue weighted by Gasteiger charge is -2.20. The molecule has 9 heteroatoms. The maximum Gasteiger partial charge on any atom is 0.321 e. The average molecular weight is 264 g/mol. The number of amides is 1. The lowest BCUT2D eigenvalue weighted by atomic mass is 10.1. The summed E-state index contributed by atoms with van der Waals surface area (Å²) in [6.45, 7) is -0.524. The van der Waals surface area contributed by atoms with Gasteiger partial charge in [-0.15, -0.1) is 0 Å². The first kappa shape index (κ1) is 14.8. The molecule has 0 radical (unpaired) electrons. The van der Waals surface area contributed by atoms with Crippen molar-refractivity contribution in [2.75, 3.05) is 6.61 Å². The molecule has 7 N–H and O–H groups in total. The van der Waals surface area contributed by atoms with Crippen molar-refractivity contribution >= 4 is 11.9 Å². The number of carboxylic acids is 1. The molecule has 1 rings (SSSR count). The molecular weight excluding hydrogens is 248 g/mol. The number of ether oxygens (including phenoxy) is 1. The van der Waals surface area contributed by atoms with E-state index < -0.39 is 55.5 Å². The van der Waals surface area contributed by atoms with Gasteiger partial charge in [0.1, 0.15) is 30.6 Å². The molecule has 1 heterocycles. The molecule has 0 saturated carbocycles. The number of hydrogen-bond donors (Lipinski definition) is 6. The van der Waals surface area contributed by atoms with Crippen LogP contribution in [0.1, 0.15) is 6.42 Å². The van der Waals surface area contributed by atoms with E-state index in [1.165, 1.54) is 0 Å². The number of nitrogens with one attached hydrogen (secondary N) is 1. The van der Waals surface area contributed by atoms with Gasteiger partial charge in [0.05, 0.1) is 13.0 Å². The lowest BCUT2D eigenvalue weighted by Crippen LogP contribution is -2.50. The molecule has 5 atom stereocenters. The molecule has 1 saturated heterocycles. The Morgan fingerprint density at radius 1 is 1.33 bits per heavy atom. The molecule has 18 heavy (non-hydrogen) atoms. The summed E-state index contributed by atoms with van der Waals surface area (Å²) in [7, 11) is 0. The second-order valence-corrected chi connectivity index (χ2v) is 3.99. The number of aliphatic carboxylic acids is 1. The van der Waals surface area contributed by atoms with Crippen molar-refractivity contribution in [2.24, 2.45) is 5.73 Å². The molecular formula is C9H16N2O7. The van der Waals surface area contributed by atoms with Gasteiger partial charge in [0, 0.05) is 0 Å². The van der Waals surface area contributed by atoms with E-state index >= 15 is 0 Å². The number of primary amides is 1. The van der Waals surface area contributed by atoms with Crippen LogP contribution in [0.15, 0.2) is 0 Å². The Hall–Kier alpha value is -1.26. The van der Waals surface area contributed by atoms with Gasteiger partial charge in [-0.3, -0.25) is 14.9 Å². The zero-order chi connectivity index (χ0) is 13.9. The zero-order valence-corrected chi connectivity index (χ0v) is 9.39. The third-order valence-corrected chi connectivity index (χ3v) is 2.61. The van der Waals surface area contributed by atoms with Crippen LogP contribution in [0.25, 0.3) is 0 Å². The molecule has 0 aromatic rings. The fourth-order valence-electron chi connectivity index (χ4n) is 1.65. The van der Waals surface area contributed by atoms with Crippen LogP contribution in [-0.2, 0) is 14.3 Å². The normalized spacial score (nSPS) is 33.3. The van der Waals surface area contributed by atoms with Crippen LogP contribution in [0.4, 0.5) is 0 Å². The number of rotatable bonds is 6. The monoisotopic (exact) mass is 264 g/mol. The number of hydrogen-bond acceptors (Lipinski definition) is 7. The number of nitrogens with two attached hydrogens (primary N) is 1. The second kappa shape index (κ2) is 6.07. The number of aliphatic hydroxyl groups is 3. The van der Waals surface area contributed by atoms with Crippen molar-refractivity contribution in [3.05, 3.63) is 0 Å². The van der Waals surface area contributed by atoms with Crippen molar-refractivity contribution in [2.45, 2.75) is 37.0 Å². The predicted molar refractivity (Wildman–Crippen MR) is 56.1 cm³/mol. The van der Waals surface area contributed by atoms with Crippen LogP contribution in [0.3, 0.4) is 0 Å². The molecule has 0 spiro atoms. The summed E-state index contributed by atoms with van der Waals surface area (Å²) in [6.07, 6.45) is -5.44. The number of carbonyl (C=O) groups is 2. The Kier molecular flexibility index (Phi) is 4.99. The van der Waals surface area contributed by atoms with E-state index in [0.717, 1.165) is 0 Å². The zero-order valence-electron chi connectivity index (χ0n) is 9.39. The highest BCUT2D eigenvalue weighted by atomic mass is 16.6. The summed E-state index contributed by atoms with van der Waals surface area (Å²) in [5.41, 5.74) is 4.89. The van der Waals surface area contributed by atoms with Gasteiger partial charge in [0.2, 0.25) is 5.91 Å². The first-order valence-corrected chi connectivity index (χ1v) is 5.26. The standard InChI is InChI=1S/C9H16N2O7/c10-5(13)1-3(9(16)17)11-8-7(15)6(14)4(2-12)18-8/h3-4,6-8,11-12,14-15H,1-2H2,(H2,10,13)(H,16,17)/t3-,4+,6+,7+,8+/m0/s1. The topological polar surface area (TPSA) is 162 Å². The van der Waals surface area contributed by atoms with E-state index in [-0.39, 0.29) is 0 Å². The van der Waals surface area contributed by atoms with Crippen LogP contribution in [0, 0.1) is 0 Å². The lowest BCUT2D eigenvalue weighted by molar-refractivity contribution is -0.143. The van der Waals surface area contributed by atoms with E-state index in [4.69, 9.17) is 20.7 Å². The Labute approximate surface area is 102 Å². The summed E-state index contributed by atoms with van der Waals surface area (Å²) in [5.74, 6) is -2.17. The van der Waals surface area contributed by atoms with Crippen molar-refractivity contribution in [3.63, 3.8) is 0 Å². The maximum absolute atomic E-state index is 10.8. The van der Waals surface area contributed by atoms with Gasteiger partial charge in [-0.05, 0) is 0 Å². The smallest absolute Gasteiger partial charge is 0.321 e. The van der Waals surface area contributed by atoms with Gasteiger partial charge >= 0.3 is 5.97 Å². The molecule has 1 amide bonds. The molecule has 0 aromatic heterocycles. The van der Waals surface area contributed by atoms with E-state index in [0.29, 0.717) is 0 Å². The van der Waals surface area contributed by atoms with Gasteiger partial charge in [-0.25, -0.2) is 0 Å². The Morgan fingerprint density at radius 2 is 1.94 bits per heavy atom. The minimum absolute atomic E-state index is 0.484. The van der Waals surface area contributed by atoms with E-state index in [9.17, 15) is 19.8 Å². The Morgan fingerprint density at radius 3 is 2.33 bits per heavy atom. The fourth-order valence-corrected chi connectivity index (χ4v) is 1.65. The first-order valence-electron chi connectivity index (χ1n) is 5.26. The predicted octanol–water partition coefficient (Wildman–Crippen LogP) is -3.66. The molecule has 9 nitrogen and oxygen atoms in total. The second-order valence-electron chi connectivity index (χ2n) is 3.99. The number of aliphatic hydroxyl groups excluding tert-OH is 3. The molecule has 1 aliphatic heterocycles. The Bertz CT molecular complexity index is 324. The molecule has 0 unspecified atom stereocenters. The van der Waals surface area contributed by atoms with Crippen molar-refractivity contribution in [1.82, 2.24) is 5.32 Å². The highest BCUT2D eigenvalue weighted by molar-refractivity contribution is 5.83. The van der Waals surface area contributed by atoms with Crippen molar-refractivity contribution < 1.29 is 34.8 Å². The maximum atomic E-state index is 10.8. The van der Waals surface area contributed by atoms with E-state index in [1.54, 1.807) is 0 Å². The summed E-state index contributed by atoms with van der Waals surface area (Å²) in [4.78, 5) is 21.5. The average Bonchev–Trinajstić information content (AvgIpc) is 2.55. The molecule has 104 valence electrons.